The van der Waals surface area contributed by atoms with Crippen LogP contribution in [0.5, 0.6) is 0 Å². The first kappa shape index (κ1) is 14.7. The summed E-state index contributed by atoms with van der Waals surface area (Å²) in [5.74, 6) is 1.22. The fraction of sp³-hybridized carbons (Fsp3) is 0.875. The molecule has 1 heterocycles. The van der Waals surface area contributed by atoms with Gasteiger partial charge in [-0.3, -0.25) is 4.79 Å². The molecule has 2 bridgehead atoms. The van der Waals surface area contributed by atoms with E-state index in [2.05, 4.69) is 0 Å². The number of aliphatic carboxylic acids is 1. The molecule has 118 valence electrons. The number of carbonyl (C=O) groups is 2. The summed E-state index contributed by atoms with van der Waals surface area (Å²) in [6, 6.07) is 0.0173. The van der Waals surface area contributed by atoms with Gasteiger partial charge >= 0.3 is 12.0 Å². The molecule has 5 heteroatoms. The third kappa shape index (κ3) is 3.01. The van der Waals surface area contributed by atoms with Gasteiger partial charge in [0.1, 0.15) is 0 Å². The largest absolute Gasteiger partial charge is 0.481 e. The normalized spacial score (nSPS) is 35.0. The lowest BCUT2D eigenvalue weighted by molar-refractivity contribution is -0.143. The van der Waals surface area contributed by atoms with Crippen LogP contribution in [0.2, 0.25) is 0 Å². The zero-order valence-electron chi connectivity index (χ0n) is 12.8. The van der Waals surface area contributed by atoms with Crippen LogP contribution in [-0.4, -0.2) is 53.6 Å². The van der Waals surface area contributed by atoms with E-state index in [1.165, 1.54) is 25.7 Å². The molecule has 0 aromatic carbocycles. The average molecular weight is 294 g/mol. The Kier molecular flexibility index (Phi) is 4.09. The Morgan fingerprint density at radius 2 is 2.05 bits per heavy atom. The van der Waals surface area contributed by atoms with Crippen molar-refractivity contribution in [2.45, 2.75) is 38.5 Å². The van der Waals surface area contributed by atoms with E-state index in [0.717, 1.165) is 24.8 Å². The minimum Gasteiger partial charge on any atom is -0.481 e. The summed E-state index contributed by atoms with van der Waals surface area (Å²) in [6.45, 7) is 1.91. The van der Waals surface area contributed by atoms with Crippen LogP contribution < -0.4 is 0 Å². The van der Waals surface area contributed by atoms with Crippen LogP contribution in [0.4, 0.5) is 4.79 Å². The predicted molar refractivity (Wildman–Crippen MR) is 78.9 cm³/mol. The van der Waals surface area contributed by atoms with Crippen LogP contribution in [0.25, 0.3) is 0 Å². The van der Waals surface area contributed by atoms with Gasteiger partial charge in [-0.05, 0) is 49.9 Å². The summed E-state index contributed by atoms with van der Waals surface area (Å²) in [7, 11) is 1.87. The van der Waals surface area contributed by atoms with Gasteiger partial charge in [-0.15, -0.1) is 0 Å². The molecular weight excluding hydrogens is 268 g/mol. The number of carboxylic acid groups (broad SMARTS) is 1. The number of rotatable bonds is 3. The van der Waals surface area contributed by atoms with Crippen molar-refractivity contribution < 1.29 is 14.7 Å². The van der Waals surface area contributed by atoms with E-state index in [1.54, 1.807) is 4.90 Å². The lowest BCUT2D eigenvalue weighted by atomic mass is 9.88. The van der Waals surface area contributed by atoms with E-state index in [4.69, 9.17) is 5.11 Å². The number of likely N-dealkylation sites (tertiary alicyclic amines) is 1. The van der Waals surface area contributed by atoms with Crippen LogP contribution in [-0.2, 0) is 4.79 Å². The third-order valence-corrected chi connectivity index (χ3v) is 5.76. The van der Waals surface area contributed by atoms with Gasteiger partial charge in [0, 0.05) is 26.7 Å². The van der Waals surface area contributed by atoms with Gasteiger partial charge in [0.25, 0.3) is 0 Å². The van der Waals surface area contributed by atoms with Crippen molar-refractivity contribution in [2.24, 2.45) is 23.7 Å². The van der Waals surface area contributed by atoms with Gasteiger partial charge in [-0.25, -0.2) is 4.79 Å². The molecule has 4 unspecified atom stereocenters. The predicted octanol–water partition coefficient (Wildman–Crippen LogP) is 2.27. The SMILES string of the molecule is CN(CC1CC2CCC1C2)C(=O)N1CCCC(C(=O)O)C1. The molecule has 3 rings (SSSR count). The van der Waals surface area contributed by atoms with E-state index in [9.17, 15) is 9.59 Å². The molecule has 4 atom stereocenters. The first-order valence-electron chi connectivity index (χ1n) is 8.27. The summed E-state index contributed by atoms with van der Waals surface area (Å²) in [4.78, 5) is 27.2. The maximum absolute atomic E-state index is 12.5. The average Bonchev–Trinajstić information content (AvgIpc) is 3.09. The molecule has 1 aliphatic heterocycles. The molecule has 0 spiro atoms. The van der Waals surface area contributed by atoms with E-state index >= 15 is 0 Å². The maximum atomic E-state index is 12.5. The highest BCUT2D eigenvalue weighted by Gasteiger charge is 2.40. The minimum absolute atomic E-state index is 0.0173. The van der Waals surface area contributed by atoms with Crippen LogP contribution in [0, 0.1) is 23.7 Å². The first-order chi connectivity index (χ1) is 10.0. The summed E-state index contributed by atoms with van der Waals surface area (Å²) in [5.41, 5.74) is 0. The lowest BCUT2D eigenvalue weighted by Gasteiger charge is -2.35. The topological polar surface area (TPSA) is 60.9 Å². The van der Waals surface area contributed by atoms with Crippen molar-refractivity contribution in [3.8, 4) is 0 Å². The monoisotopic (exact) mass is 294 g/mol. The van der Waals surface area contributed by atoms with E-state index in [0.29, 0.717) is 25.4 Å². The number of fused-ring (bicyclic) bond motifs is 2. The number of hydrogen-bond acceptors (Lipinski definition) is 2. The van der Waals surface area contributed by atoms with Gasteiger partial charge in [0.05, 0.1) is 5.92 Å². The van der Waals surface area contributed by atoms with Crippen molar-refractivity contribution in [2.75, 3.05) is 26.7 Å². The van der Waals surface area contributed by atoms with Gasteiger partial charge in [-0.1, -0.05) is 6.42 Å². The third-order valence-electron chi connectivity index (χ3n) is 5.76. The Morgan fingerprint density at radius 1 is 1.24 bits per heavy atom. The quantitative estimate of drug-likeness (QED) is 0.868. The molecule has 0 radical (unpaired) electrons. The number of piperidine rings is 1. The molecule has 3 fully saturated rings. The maximum Gasteiger partial charge on any atom is 0.319 e. The van der Waals surface area contributed by atoms with Gasteiger partial charge < -0.3 is 14.9 Å². The Bertz CT molecular complexity index is 426. The van der Waals surface area contributed by atoms with Crippen LogP contribution in [0.15, 0.2) is 0 Å². The lowest BCUT2D eigenvalue weighted by Crippen LogP contribution is -2.48. The molecule has 2 amide bonds. The zero-order valence-corrected chi connectivity index (χ0v) is 12.8. The van der Waals surface area contributed by atoms with Gasteiger partial charge in [0.2, 0.25) is 0 Å². The Balaban J connectivity index is 1.53. The number of amides is 2. The molecule has 21 heavy (non-hydrogen) atoms. The molecule has 3 aliphatic rings. The molecule has 0 aromatic heterocycles. The Labute approximate surface area is 126 Å². The second-order valence-electron chi connectivity index (χ2n) is 7.22. The molecule has 1 N–H and O–H groups in total. The van der Waals surface area contributed by atoms with E-state index in [-0.39, 0.29) is 6.03 Å². The highest BCUT2D eigenvalue weighted by Crippen LogP contribution is 2.48. The highest BCUT2D eigenvalue weighted by molar-refractivity contribution is 5.76. The van der Waals surface area contributed by atoms with Crippen molar-refractivity contribution >= 4 is 12.0 Å². The van der Waals surface area contributed by atoms with Crippen molar-refractivity contribution in [3.63, 3.8) is 0 Å². The van der Waals surface area contributed by atoms with Crippen LogP contribution >= 0.6 is 0 Å². The van der Waals surface area contributed by atoms with E-state index < -0.39 is 11.9 Å². The van der Waals surface area contributed by atoms with Crippen molar-refractivity contribution in [1.29, 1.82) is 0 Å². The number of carboxylic acids is 1. The Hall–Kier alpha value is -1.26. The molecule has 2 aliphatic carbocycles. The summed E-state index contributed by atoms with van der Waals surface area (Å²) in [5, 5.41) is 9.13. The minimum atomic E-state index is -0.775. The fourth-order valence-corrected chi connectivity index (χ4v) is 4.62. The summed E-state index contributed by atoms with van der Waals surface area (Å²) >= 11 is 0. The zero-order chi connectivity index (χ0) is 15.0. The molecule has 0 aromatic rings. The summed E-state index contributed by atoms with van der Waals surface area (Å²) in [6.07, 6.45) is 6.84. The van der Waals surface area contributed by atoms with Gasteiger partial charge in [-0.2, -0.15) is 0 Å². The second kappa shape index (κ2) is 5.85. The molecule has 1 saturated heterocycles. The molecule has 2 saturated carbocycles. The highest BCUT2D eigenvalue weighted by atomic mass is 16.4. The number of nitrogens with zero attached hydrogens (tertiary/aromatic N) is 2. The van der Waals surface area contributed by atoms with E-state index in [1.807, 2.05) is 11.9 Å². The Morgan fingerprint density at radius 3 is 2.67 bits per heavy atom. The molecular formula is C16H26N2O3. The standard InChI is InChI=1S/C16H26N2O3/c1-17(9-14-8-11-4-5-12(14)7-11)16(21)18-6-2-3-13(10-18)15(19)20/h11-14H,2-10H2,1H3,(H,19,20). The number of carbonyl (C=O) groups excluding carboxylic acids is 1. The van der Waals surface area contributed by atoms with Crippen molar-refractivity contribution in [3.05, 3.63) is 0 Å². The second-order valence-corrected chi connectivity index (χ2v) is 7.22. The smallest absolute Gasteiger partial charge is 0.319 e. The summed E-state index contributed by atoms with van der Waals surface area (Å²) < 4.78 is 0. The van der Waals surface area contributed by atoms with Crippen LogP contribution in [0.3, 0.4) is 0 Å². The first-order valence-corrected chi connectivity index (χ1v) is 8.27. The number of hydrogen-bond donors (Lipinski definition) is 1. The number of urea groups is 1. The van der Waals surface area contributed by atoms with Crippen molar-refractivity contribution in [1.82, 2.24) is 9.80 Å². The molecule has 5 nitrogen and oxygen atoms in total. The van der Waals surface area contributed by atoms with Crippen LogP contribution in [0.1, 0.15) is 38.5 Å². The fourth-order valence-electron chi connectivity index (χ4n) is 4.62. The van der Waals surface area contributed by atoms with Gasteiger partial charge in [0.15, 0.2) is 0 Å².